The van der Waals surface area contributed by atoms with Gasteiger partial charge < -0.3 is 0 Å². The molecule has 0 unspecified atom stereocenters. The molecule has 90 valence electrons. The zero-order chi connectivity index (χ0) is 12.5. The van der Waals surface area contributed by atoms with E-state index in [4.69, 9.17) is 0 Å². The Balaban J connectivity index is 2.01. The quantitative estimate of drug-likeness (QED) is 0.686. The van der Waals surface area contributed by atoms with Gasteiger partial charge in [0.15, 0.2) is 11.5 Å². The van der Waals surface area contributed by atoms with Crippen LogP contribution in [-0.2, 0) is 6.42 Å². The molecule has 1 aromatic carbocycles. The molecule has 3 rings (SSSR count). The average Bonchev–Trinajstić information content (AvgIpc) is 2.76. The molecule has 3 heteroatoms. The topological polar surface area (TPSA) is 30.2 Å². The van der Waals surface area contributed by atoms with Crippen molar-refractivity contribution in [2.24, 2.45) is 0 Å². The predicted octanol–water partition coefficient (Wildman–Crippen LogP) is 2.94. The second-order valence-corrected chi connectivity index (χ2v) is 4.59. The van der Waals surface area contributed by atoms with Gasteiger partial charge in [0, 0.05) is 12.6 Å². The molecule has 0 amide bonds. The van der Waals surface area contributed by atoms with E-state index >= 15 is 0 Å². The van der Waals surface area contributed by atoms with Gasteiger partial charge in [-0.3, -0.25) is 0 Å². The van der Waals surface area contributed by atoms with Crippen LogP contribution < -0.4 is 0 Å². The Morgan fingerprint density at radius 3 is 2.56 bits per heavy atom. The molecule has 0 saturated carbocycles. The van der Waals surface area contributed by atoms with Crippen molar-refractivity contribution in [2.75, 3.05) is 0 Å². The van der Waals surface area contributed by atoms with E-state index in [0.717, 1.165) is 23.5 Å². The molecule has 0 fully saturated rings. The third kappa shape index (κ3) is 1.88. The molecule has 0 spiro atoms. The molecule has 2 aromatic heterocycles. The van der Waals surface area contributed by atoms with Gasteiger partial charge in [0.1, 0.15) is 0 Å². The third-order valence-electron chi connectivity index (χ3n) is 3.21. The van der Waals surface area contributed by atoms with E-state index in [1.807, 2.05) is 16.8 Å². The molecule has 18 heavy (non-hydrogen) atoms. The van der Waals surface area contributed by atoms with E-state index in [2.05, 4.69) is 54.3 Å². The van der Waals surface area contributed by atoms with Crippen LogP contribution in [-0.4, -0.2) is 14.6 Å². The van der Waals surface area contributed by atoms with Crippen molar-refractivity contribution >= 4 is 5.65 Å². The lowest BCUT2D eigenvalue weighted by Crippen LogP contribution is -1.94. The van der Waals surface area contributed by atoms with Crippen LogP contribution in [0.15, 0.2) is 42.6 Å². The minimum atomic E-state index is 0.786. The summed E-state index contributed by atoms with van der Waals surface area (Å²) in [5.41, 5.74) is 4.67. The minimum Gasteiger partial charge on any atom is -0.221 e. The van der Waals surface area contributed by atoms with Crippen molar-refractivity contribution in [1.82, 2.24) is 14.6 Å². The highest BCUT2D eigenvalue weighted by Crippen LogP contribution is 2.13. The van der Waals surface area contributed by atoms with Crippen LogP contribution in [0.2, 0.25) is 0 Å². The summed E-state index contributed by atoms with van der Waals surface area (Å²) in [4.78, 5) is 4.60. The summed E-state index contributed by atoms with van der Waals surface area (Å²) in [6.07, 6.45) is 2.73. The summed E-state index contributed by atoms with van der Waals surface area (Å²) in [7, 11) is 0. The second kappa shape index (κ2) is 4.26. The maximum absolute atomic E-state index is 4.60. The number of hydrogen-bond acceptors (Lipinski definition) is 2. The number of fused-ring (bicyclic) bond motifs is 1. The Hall–Kier alpha value is -2.16. The number of aromatic nitrogens is 3. The average molecular weight is 237 g/mol. The van der Waals surface area contributed by atoms with E-state index in [-0.39, 0.29) is 0 Å². The molecule has 0 aliphatic heterocycles. The lowest BCUT2D eigenvalue weighted by atomic mass is 10.1. The van der Waals surface area contributed by atoms with Crippen LogP contribution >= 0.6 is 0 Å². The Labute approximate surface area is 106 Å². The summed E-state index contributed by atoms with van der Waals surface area (Å²) in [5, 5.41) is 4.52. The molecule has 3 aromatic rings. The van der Waals surface area contributed by atoms with E-state index in [1.165, 1.54) is 11.1 Å². The number of pyridine rings is 1. The van der Waals surface area contributed by atoms with Gasteiger partial charge >= 0.3 is 0 Å². The molecule has 0 radical (unpaired) electrons. The number of rotatable bonds is 2. The largest absolute Gasteiger partial charge is 0.221 e. The van der Waals surface area contributed by atoms with Crippen molar-refractivity contribution < 1.29 is 0 Å². The van der Waals surface area contributed by atoms with Gasteiger partial charge in [-0.15, -0.1) is 0 Å². The summed E-state index contributed by atoms with van der Waals surface area (Å²) >= 11 is 0. The monoisotopic (exact) mass is 237 g/mol. The maximum Gasteiger partial charge on any atom is 0.158 e. The van der Waals surface area contributed by atoms with E-state index < -0.39 is 0 Å². The Kier molecular flexibility index (Phi) is 2.59. The van der Waals surface area contributed by atoms with E-state index in [0.29, 0.717) is 0 Å². The molecule has 3 nitrogen and oxygen atoms in total. The molecule has 0 saturated heterocycles. The lowest BCUT2D eigenvalue weighted by molar-refractivity contribution is 0.896. The smallest absolute Gasteiger partial charge is 0.158 e. The molecule has 0 aliphatic rings. The molecular weight excluding hydrogens is 222 g/mol. The van der Waals surface area contributed by atoms with Crippen LogP contribution in [0.25, 0.3) is 5.65 Å². The molecule has 0 bridgehead atoms. The van der Waals surface area contributed by atoms with Gasteiger partial charge in [-0.1, -0.05) is 30.3 Å². The van der Waals surface area contributed by atoms with Crippen LogP contribution in [0.1, 0.15) is 22.5 Å². The maximum atomic E-state index is 4.60. The number of aryl methyl sites for hydroxylation is 2. The molecule has 0 atom stereocenters. The zero-order valence-electron chi connectivity index (χ0n) is 10.6. The third-order valence-corrected chi connectivity index (χ3v) is 3.21. The van der Waals surface area contributed by atoms with Crippen LogP contribution in [0.4, 0.5) is 0 Å². The fourth-order valence-corrected chi connectivity index (χ4v) is 2.14. The molecule has 0 aliphatic carbocycles. The zero-order valence-corrected chi connectivity index (χ0v) is 10.6. The van der Waals surface area contributed by atoms with Gasteiger partial charge in [-0.2, -0.15) is 5.10 Å². The Bertz CT molecular complexity index is 698. The van der Waals surface area contributed by atoms with E-state index in [9.17, 15) is 0 Å². The van der Waals surface area contributed by atoms with Crippen molar-refractivity contribution in [2.45, 2.75) is 20.3 Å². The highest BCUT2D eigenvalue weighted by Gasteiger charge is 2.07. The van der Waals surface area contributed by atoms with Crippen LogP contribution in [0.5, 0.6) is 0 Å². The number of nitrogens with zero attached hydrogens (tertiary/aromatic N) is 3. The summed E-state index contributed by atoms with van der Waals surface area (Å²) in [6, 6.07) is 12.4. The molecular formula is C15H15N3. The fourth-order valence-electron chi connectivity index (χ4n) is 2.14. The minimum absolute atomic E-state index is 0.786. The normalized spacial score (nSPS) is 11.0. The Morgan fingerprint density at radius 2 is 1.78 bits per heavy atom. The van der Waals surface area contributed by atoms with Crippen molar-refractivity contribution in [3.8, 4) is 0 Å². The van der Waals surface area contributed by atoms with Crippen molar-refractivity contribution in [3.05, 3.63) is 65.1 Å². The Morgan fingerprint density at radius 1 is 1.00 bits per heavy atom. The first-order valence-corrected chi connectivity index (χ1v) is 6.09. The summed E-state index contributed by atoms with van der Waals surface area (Å²) in [6.45, 7) is 4.18. The summed E-state index contributed by atoms with van der Waals surface area (Å²) in [5.74, 6) is 0.874. The summed E-state index contributed by atoms with van der Waals surface area (Å²) < 4.78 is 1.85. The van der Waals surface area contributed by atoms with Gasteiger partial charge in [0.2, 0.25) is 0 Å². The SMILES string of the molecule is Cc1ccccc1Cc1nc2c(C)cccn2n1. The fraction of sp³-hybridized carbons (Fsp3) is 0.200. The van der Waals surface area contributed by atoms with E-state index in [1.54, 1.807) is 0 Å². The van der Waals surface area contributed by atoms with Gasteiger partial charge in [-0.25, -0.2) is 9.50 Å². The second-order valence-electron chi connectivity index (χ2n) is 4.59. The molecule has 0 N–H and O–H groups in total. The van der Waals surface area contributed by atoms with Crippen molar-refractivity contribution in [3.63, 3.8) is 0 Å². The van der Waals surface area contributed by atoms with Crippen molar-refractivity contribution in [1.29, 1.82) is 0 Å². The first-order chi connectivity index (χ1) is 8.74. The van der Waals surface area contributed by atoms with Gasteiger partial charge in [0.25, 0.3) is 0 Å². The van der Waals surface area contributed by atoms with Crippen LogP contribution in [0.3, 0.4) is 0 Å². The van der Waals surface area contributed by atoms with Gasteiger partial charge in [0.05, 0.1) is 0 Å². The van der Waals surface area contributed by atoms with Gasteiger partial charge in [-0.05, 0) is 36.6 Å². The number of benzene rings is 1. The number of hydrogen-bond donors (Lipinski definition) is 0. The lowest BCUT2D eigenvalue weighted by Gasteiger charge is -2.01. The standard InChI is InChI=1S/C15H15N3/c1-11-6-3-4-8-13(11)10-14-16-15-12(2)7-5-9-18(15)17-14/h3-9H,10H2,1-2H3. The highest BCUT2D eigenvalue weighted by molar-refractivity contribution is 5.46. The first kappa shape index (κ1) is 11.0. The van der Waals surface area contributed by atoms with Crippen LogP contribution in [0, 0.1) is 13.8 Å². The first-order valence-electron chi connectivity index (χ1n) is 6.09. The molecule has 2 heterocycles. The predicted molar refractivity (Wildman–Crippen MR) is 71.7 cm³/mol. The highest BCUT2D eigenvalue weighted by atomic mass is 15.3.